The van der Waals surface area contributed by atoms with Crippen LogP contribution in [0.5, 0.6) is 0 Å². The van der Waals surface area contributed by atoms with Crippen molar-refractivity contribution in [1.82, 2.24) is 5.32 Å². The van der Waals surface area contributed by atoms with E-state index in [-0.39, 0.29) is 17.9 Å². The number of rotatable bonds is 4. The molecule has 2 rings (SSSR count). The Morgan fingerprint density at radius 2 is 2.25 bits per heavy atom. The first kappa shape index (κ1) is 11.0. The Balaban J connectivity index is 1.93. The van der Waals surface area contributed by atoms with Crippen LogP contribution in [0.15, 0.2) is 24.3 Å². The first-order valence-electron chi connectivity index (χ1n) is 5.40. The van der Waals surface area contributed by atoms with E-state index in [4.69, 9.17) is 10.8 Å². The van der Waals surface area contributed by atoms with Crippen LogP contribution in [0.3, 0.4) is 0 Å². The van der Waals surface area contributed by atoms with Gasteiger partial charge in [-0.15, -0.1) is 0 Å². The average Bonchev–Trinajstić information content (AvgIpc) is 3.07. The fourth-order valence-electron chi connectivity index (χ4n) is 1.62. The predicted molar refractivity (Wildman–Crippen MR) is 61.9 cm³/mol. The van der Waals surface area contributed by atoms with Gasteiger partial charge in [-0.2, -0.15) is 0 Å². The van der Waals surface area contributed by atoms with E-state index < -0.39 is 0 Å². The van der Waals surface area contributed by atoms with Crippen molar-refractivity contribution in [3.05, 3.63) is 29.8 Å². The summed E-state index contributed by atoms with van der Waals surface area (Å²) in [4.78, 5) is 11.7. The van der Waals surface area contributed by atoms with Crippen LogP contribution in [0.1, 0.15) is 23.2 Å². The molecule has 1 aromatic rings. The maximum absolute atomic E-state index is 11.7. The standard InChI is InChI=1S/C12H16N2O2/c13-10-3-1-2-9(6-10)11(16)14-7-12(8-15)4-5-12/h1-3,6,15H,4-5,7-8,13H2,(H,14,16). The van der Waals surface area contributed by atoms with E-state index in [2.05, 4.69) is 5.32 Å². The van der Waals surface area contributed by atoms with Gasteiger partial charge >= 0.3 is 0 Å². The average molecular weight is 220 g/mol. The Kier molecular flexibility index (Phi) is 2.83. The Hall–Kier alpha value is -1.55. The number of hydrogen-bond acceptors (Lipinski definition) is 3. The number of aliphatic hydroxyl groups is 1. The number of amides is 1. The number of benzene rings is 1. The number of hydrogen-bond donors (Lipinski definition) is 3. The molecule has 1 saturated carbocycles. The molecule has 4 N–H and O–H groups in total. The molecule has 0 heterocycles. The van der Waals surface area contributed by atoms with Gasteiger partial charge in [0.1, 0.15) is 0 Å². The lowest BCUT2D eigenvalue weighted by atomic mass is 10.1. The van der Waals surface area contributed by atoms with Gasteiger partial charge in [0.15, 0.2) is 0 Å². The van der Waals surface area contributed by atoms with Crippen LogP contribution in [0.25, 0.3) is 0 Å². The van der Waals surface area contributed by atoms with Gasteiger partial charge in [-0.05, 0) is 31.0 Å². The Morgan fingerprint density at radius 3 is 2.81 bits per heavy atom. The summed E-state index contributed by atoms with van der Waals surface area (Å²) in [6.07, 6.45) is 1.97. The van der Waals surface area contributed by atoms with Gasteiger partial charge in [0.05, 0.1) is 6.61 Å². The third-order valence-corrected chi connectivity index (χ3v) is 3.07. The summed E-state index contributed by atoms with van der Waals surface area (Å²) < 4.78 is 0. The minimum atomic E-state index is -0.132. The number of anilines is 1. The molecule has 0 radical (unpaired) electrons. The van der Waals surface area contributed by atoms with Crippen LogP contribution in [0.2, 0.25) is 0 Å². The Bertz CT molecular complexity index is 400. The van der Waals surface area contributed by atoms with Crippen molar-refractivity contribution >= 4 is 11.6 Å². The first-order chi connectivity index (χ1) is 7.65. The fraction of sp³-hybridized carbons (Fsp3) is 0.417. The zero-order valence-electron chi connectivity index (χ0n) is 9.07. The second-order valence-corrected chi connectivity index (χ2v) is 4.47. The van der Waals surface area contributed by atoms with Crippen molar-refractivity contribution in [2.24, 2.45) is 5.41 Å². The van der Waals surface area contributed by atoms with Crippen LogP contribution in [0.4, 0.5) is 5.69 Å². The van der Waals surface area contributed by atoms with E-state index in [0.29, 0.717) is 17.8 Å². The molecule has 4 nitrogen and oxygen atoms in total. The first-order valence-corrected chi connectivity index (χ1v) is 5.40. The highest BCUT2D eigenvalue weighted by Crippen LogP contribution is 2.44. The predicted octanol–water partition coefficient (Wildman–Crippen LogP) is 0.771. The van der Waals surface area contributed by atoms with Crippen LogP contribution in [0, 0.1) is 5.41 Å². The Morgan fingerprint density at radius 1 is 1.50 bits per heavy atom. The number of nitrogens with one attached hydrogen (secondary N) is 1. The molecule has 0 aliphatic heterocycles. The molecule has 0 spiro atoms. The zero-order valence-corrected chi connectivity index (χ0v) is 9.07. The lowest BCUT2D eigenvalue weighted by Crippen LogP contribution is -2.31. The molecular weight excluding hydrogens is 204 g/mol. The minimum absolute atomic E-state index is 0.0595. The van der Waals surface area contributed by atoms with Crippen molar-refractivity contribution in [1.29, 1.82) is 0 Å². The molecule has 4 heteroatoms. The van der Waals surface area contributed by atoms with Gasteiger partial charge in [0.2, 0.25) is 0 Å². The molecule has 0 saturated heterocycles. The number of aliphatic hydroxyl groups excluding tert-OH is 1. The third-order valence-electron chi connectivity index (χ3n) is 3.07. The highest BCUT2D eigenvalue weighted by Gasteiger charge is 2.42. The molecule has 1 aliphatic rings. The highest BCUT2D eigenvalue weighted by molar-refractivity contribution is 5.95. The maximum Gasteiger partial charge on any atom is 0.251 e. The van der Waals surface area contributed by atoms with Crippen molar-refractivity contribution in [3.8, 4) is 0 Å². The van der Waals surface area contributed by atoms with Crippen LogP contribution in [-0.4, -0.2) is 24.2 Å². The molecular formula is C12H16N2O2. The molecule has 1 aromatic carbocycles. The summed E-state index contributed by atoms with van der Waals surface area (Å²) in [5.74, 6) is -0.132. The topological polar surface area (TPSA) is 75.4 Å². The van der Waals surface area contributed by atoms with Crippen molar-refractivity contribution < 1.29 is 9.90 Å². The largest absolute Gasteiger partial charge is 0.399 e. The molecule has 1 aliphatic carbocycles. The van der Waals surface area contributed by atoms with Crippen molar-refractivity contribution in [2.45, 2.75) is 12.8 Å². The molecule has 1 fully saturated rings. The van der Waals surface area contributed by atoms with Gasteiger partial charge in [-0.25, -0.2) is 0 Å². The van der Waals surface area contributed by atoms with E-state index in [9.17, 15) is 4.79 Å². The van der Waals surface area contributed by atoms with E-state index in [1.165, 1.54) is 0 Å². The van der Waals surface area contributed by atoms with E-state index in [1.807, 2.05) is 0 Å². The van der Waals surface area contributed by atoms with Crippen LogP contribution < -0.4 is 11.1 Å². The smallest absolute Gasteiger partial charge is 0.251 e. The maximum atomic E-state index is 11.7. The number of nitrogen functional groups attached to an aromatic ring is 1. The van der Waals surface area contributed by atoms with E-state index >= 15 is 0 Å². The van der Waals surface area contributed by atoms with Gasteiger partial charge in [0, 0.05) is 23.2 Å². The molecule has 1 amide bonds. The van der Waals surface area contributed by atoms with Crippen LogP contribution >= 0.6 is 0 Å². The highest BCUT2D eigenvalue weighted by atomic mass is 16.3. The van der Waals surface area contributed by atoms with Gasteiger partial charge in [0.25, 0.3) is 5.91 Å². The SMILES string of the molecule is Nc1cccc(C(=O)NCC2(CO)CC2)c1. The number of carbonyl (C=O) groups excluding carboxylic acids is 1. The summed E-state index contributed by atoms with van der Waals surface area (Å²) in [5, 5.41) is 11.9. The molecule has 16 heavy (non-hydrogen) atoms. The number of carbonyl (C=O) groups is 1. The second kappa shape index (κ2) is 4.14. The Labute approximate surface area is 94.5 Å². The van der Waals surface area contributed by atoms with Crippen LogP contribution in [-0.2, 0) is 0 Å². The monoisotopic (exact) mass is 220 g/mol. The van der Waals surface area contributed by atoms with E-state index in [1.54, 1.807) is 24.3 Å². The lowest BCUT2D eigenvalue weighted by Gasteiger charge is -2.12. The molecule has 0 atom stereocenters. The zero-order chi connectivity index (χ0) is 11.6. The third kappa shape index (κ3) is 2.33. The lowest BCUT2D eigenvalue weighted by molar-refractivity contribution is 0.0935. The quantitative estimate of drug-likeness (QED) is 0.656. The van der Waals surface area contributed by atoms with E-state index in [0.717, 1.165) is 12.8 Å². The summed E-state index contributed by atoms with van der Waals surface area (Å²) in [5.41, 5.74) is 6.68. The fourth-order valence-corrected chi connectivity index (χ4v) is 1.62. The van der Waals surface area contributed by atoms with Crippen molar-refractivity contribution in [2.75, 3.05) is 18.9 Å². The molecule has 86 valence electrons. The van der Waals surface area contributed by atoms with Gasteiger partial charge in [-0.3, -0.25) is 4.79 Å². The normalized spacial score (nSPS) is 16.8. The number of nitrogens with two attached hydrogens (primary N) is 1. The molecule has 0 bridgehead atoms. The summed E-state index contributed by atoms with van der Waals surface area (Å²) in [6, 6.07) is 6.87. The van der Waals surface area contributed by atoms with Gasteiger partial charge < -0.3 is 16.2 Å². The van der Waals surface area contributed by atoms with Gasteiger partial charge in [-0.1, -0.05) is 6.07 Å². The molecule has 0 aromatic heterocycles. The summed E-state index contributed by atoms with van der Waals surface area (Å²) in [6.45, 7) is 0.682. The second-order valence-electron chi connectivity index (χ2n) is 4.47. The minimum Gasteiger partial charge on any atom is -0.399 e. The summed E-state index contributed by atoms with van der Waals surface area (Å²) in [7, 11) is 0. The van der Waals surface area contributed by atoms with Crippen molar-refractivity contribution in [3.63, 3.8) is 0 Å². The molecule has 0 unspecified atom stereocenters. The summed E-state index contributed by atoms with van der Waals surface area (Å²) >= 11 is 0.